The summed E-state index contributed by atoms with van der Waals surface area (Å²) in [5.41, 5.74) is 12.3. The predicted octanol–water partition coefficient (Wildman–Crippen LogP) is 4.93. The Hall–Kier alpha value is -2.29. The van der Waals surface area contributed by atoms with Crippen LogP contribution in [0.4, 0.5) is 0 Å². The summed E-state index contributed by atoms with van der Waals surface area (Å²) in [6.07, 6.45) is 0.957. The summed E-state index contributed by atoms with van der Waals surface area (Å²) < 4.78 is 0. The van der Waals surface area contributed by atoms with E-state index in [2.05, 4.69) is 63.2 Å². The first-order valence-corrected chi connectivity index (χ1v) is 9.16. The third-order valence-corrected chi connectivity index (χ3v) is 4.64. The van der Waals surface area contributed by atoms with E-state index in [1.54, 1.807) is 0 Å². The average Bonchev–Trinajstić information content (AvgIpc) is 2.62. The summed E-state index contributed by atoms with van der Waals surface area (Å²) in [6, 6.07) is 15.5. The zero-order valence-corrected chi connectivity index (χ0v) is 16.2. The highest BCUT2D eigenvalue weighted by Crippen LogP contribution is 2.29. The number of fused-ring (bicyclic) bond motifs is 1. The maximum absolute atomic E-state index is 7.63. The fourth-order valence-electron chi connectivity index (χ4n) is 3.10. The molecule has 0 bridgehead atoms. The van der Waals surface area contributed by atoms with Crippen LogP contribution in [0.25, 0.3) is 11.1 Å². The second-order valence-corrected chi connectivity index (χ2v) is 7.37. The van der Waals surface area contributed by atoms with Gasteiger partial charge in [-0.2, -0.15) is 0 Å². The zero-order valence-electron chi connectivity index (χ0n) is 16.2. The number of benzene rings is 2. The molecule has 0 amide bonds. The minimum absolute atomic E-state index is 0.163. The third-order valence-electron chi connectivity index (χ3n) is 4.64. The van der Waals surface area contributed by atoms with Crippen LogP contribution in [-0.4, -0.2) is 17.4 Å². The van der Waals surface area contributed by atoms with Crippen LogP contribution in [0.15, 0.2) is 42.5 Å². The molecule has 1 aliphatic heterocycles. The summed E-state index contributed by atoms with van der Waals surface area (Å²) in [6.45, 7) is 12.3. The quantitative estimate of drug-likeness (QED) is 0.573. The van der Waals surface area contributed by atoms with E-state index in [4.69, 9.17) is 11.1 Å². The van der Waals surface area contributed by atoms with E-state index < -0.39 is 0 Å². The van der Waals surface area contributed by atoms with Gasteiger partial charge in [0.05, 0.1) is 0 Å². The number of nitrogens with one attached hydrogen (secondary N) is 1. The van der Waals surface area contributed by atoms with E-state index >= 15 is 0 Å². The Labute approximate surface area is 152 Å². The summed E-state index contributed by atoms with van der Waals surface area (Å²) in [5.74, 6) is 0.163. The van der Waals surface area contributed by atoms with Crippen molar-refractivity contribution in [3.63, 3.8) is 0 Å². The number of hydrogen-bond acceptors (Lipinski definition) is 1. The molecular formula is C22H31N3. The number of nitrogens with two attached hydrogens (primary N) is 1. The van der Waals surface area contributed by atoms with Gasteiger partial charge in [0.15, 0.2) is 5.96 Å². The lowest BCUT2D eigenvalue weighted by molar-refractivity contribution is 0.387. The maximum Gasteiger partial charge on any atom is 0.188 e. The molecule has 134 valence electrons. The summed E-state index contributed by atoms with van der Waals surface area (Å²) in [4.78, 5) is 1.93. The van der Waals surface area contributed by atoms with Crippen LogP contribution in [0.3, 0.4) is 0 Å². The van der Waals surface area contributed by atoms with Crippen LogP contribution in [-0.2, 0) is 18.4 Å². The molecular weight excluding hydrogens is 306 g/mol. The molecule has 0 saturated carbocycles. The highest BCUT2D eigenvalue weighted by Gasteiger charge is 2.18. The maximum atomic E-state index is 7.63. The molecule has 0 unspecified atom stereocenters. The number of nitrogens with zero attached hydrogens (tertiary/aromatic N) is 1. The van der Waals surface area contributed by atoms with Gasteiger partial charge >= 0.3 is 0 Å². The van der Waals surface area contributed by atoms with Crippen LogP contribution < -0.4 is 5.73 Å². The first-order chi connectivity index (χ1) is 11.8. The van der Waals surface area contributed by atoms with Crippen LogP contribution in [0, 0.1) is 5.41 Å². The first-order valence-electron chi connectivity index (χ1n) is 9.16. The Kier molecular flexibility index (Phi) is 5.89. The normalized spacial score (nSPS) is 13.6. The molecule has 0 saturated heterocycles. The van der Waals surface area contributed by atoms with Gasteiger partial charge in [-0.3, -0.25) is 5.41 Å². The van der Waals surface area contributed by atoms with Gasteiger partial charge in [-0.25, -0.2) is 0 Å². The van der Waals surface area contributed by atoms with E-state index in [1.165, 1.54) is 27.8 Å². The van der Waals surface area contributed by atoms with Gasteiger partial charge in [-0.15, -0.1) is 0 Å². The zero-order chi connectivity index (χ0) is 18.6. The van der Waals surface area contributed by atoms with Gasteiger partial charge in [-0.1, -0.05) is 71.0 Å². The molecule has 0 fully saturated rings. The molecule has 3 rings (SSSR count). The number of rotatable bonds is 1. The van der Waals surface area contributed by atoms with Crippen LogP contribution in [0.5, 0.6) is 0 Å². The smallest absolute Gasteiger partial charge is 0.188 e. The lowest BCUT2D eigenvalue weighted by Gasteiger charge is -2.29. The molecule has 3 N–H and O–H groups in total. The Morgan fingerprint density at radius 3 is 2.12 bits per heavy atom. The van der Waals surface area contributed by atoms with Gasteiger partial charge in [0.25, 0.3) is 0 Å². The van der Waals surface area contributed by atoms with E-state index in [1.807, 2.05) is 18.7 Å². The van der Waals surface area contributed by atoms with Gasteiger partial charge in [0.2, 0.25) is 0 Å². The van der Waals surface area contributed by atoms with Gasteiger partial charge < -0.3 is 10.6 Å². The van der Waals surface area contributed by atoms with Gasteiger partial charge in [-0.05, 0) is 45.7 Å². The molecule has 0 atom stereocenters. The van der Waals surface area contributed by atoms with Crippen molar-refractivity contribution in [3.05, 3.63) is 59.2 Å². The predicted molar refractivity (Wildman–Crippen MR) is 108 cm³/mol. The Balaban J connectivity index is 0.00000109. The average molecular weight is 338 g/mol. The van der Waals surface area contributed by atoms with Crippen molar-refractivity contribution in [2.24, 2.45) is 5.73 Å². The third kappa shape index (κ3) is 4.41. The highest BCUT2D eigenvalue weighted by molar-refractivity contribution is 5.75. The molecule has 2 aromatic carbocycles. The van der Waals surface area contributed by atoms with Crippen LogP contribution in [0.1, 0.15) is 51.3 Å². The molecule has 0 radical (unpaired) electrons. The molecule has 25 heavy (non-hydrogen) atoms. The van der Waals surface area contributed by atoms with Crippen molar-refractivity contribution in [2.75, 3.05) is 6.54 Å². The highest BCUT2D eigenvalue weighted by atomic mass is 15.2. The molecule has 2 aromatic rings. The minimum atomic E-state index is 0.163. The molecule has 3 heteroatoms. The molecule has 3 nitrogen and oxygen atoms in total. The number of hydrogen-bond donors (Lipinski definition) is 2. The fraction of sp³-hybridized carbons (Fsp3) is 0.409. The lowest BCUT2D eigenvalue weighted by atomic mass is 9.86. The minimum Gasteiger partial charge on any atom is -0.370 e. The summed E-state index contributed by atoms with van der Waals surface area (Å²) in [5, 5.41) is 7.63. The summed E-state index contributed by atoms with van der Waals surface area (Å²) in [7, 11) is 0. The Morgan fingerprint density at radius 2 is 1.56 bits per heavy atom. The van der Waals surface area contributed by atoms with Crippen molar-refractivity contribution in [1.82, 2.24) is 4.90 Å². The van der Waals surface area contributed by atoms with Crippen LogP contribution >= 0.6 is 0 Å². The van der Waals surface area contributed by atoms with Crippen molar-refractivity contribution in [3.8, 4) is 11.1 Å². The largest absolute Gasteiger partial charge is 0.370 e. The molecule has 0 aromatic heterocycles. The second kappa shape index (κ2) is 7.73. The first kappa shape index (κ1) is 19.0. The van der Waals surface area contributed by atoms with Crippen LogP contribution in [0.2, 0.25) is 0 Å². The SMILES string of the molecule is CC.CC(C)(C)c1ccc(-c2ccc3c(c2)CN(C(=N)N)CC3)cc1. The topological polar surface area (TPSA) is 53.1 Å². The van der Waals surface area contributed by atoms with Crippen molar-refractivity contribution >= 4 is 5.96 Å². The monoisotopic (exact) mass is 337 g/mol. The second-order valence-electron chi connectivity index (χ2n) is 7.37. The van der Waals surface area contributed by atoms with E-state index in [0.29, 0.717) is 0 Å². The molecule has 0 aliphatic carbocycles. The number of guanidine groups is 1. The lowest BCUT2D eigenvalue weighted by Crippen LogP contribution is -2.40. The van der Waals surface area contributed by atoms with Crippen molar-refractivity contribution < 1.29 is 0 Å². The van der Waals surface area contributed by atoms with Crippen molar-refractivity contribution in [1.29, 1.82) is 5.41 Å². The molecule has 0 spiro atoms. The van der Waals surface area contributed by atoms with Gasteiger partial charge in [0.1, 0.15) is 0 Å². The van der Waals surface area contributed by atoms with E-state index in [9.17, 15) is 0 Å². The molecule has 1 aliphatic rings. The summed E-state index contributed by atoms with van der Waals surface area (Å²) >= 11 is 0. The molecule has 1 heterocycles. The van der Waals surface area contributed by atoms with E-state index in [-0.39, 0.29) is 11.4 Å². The Bertz CT molecular complexity index is 724. The van der Waals surface area contributed by atoms with Crippen molar-refractivity contribution in [2.45, 2.75) is 53.0 Å². The standard InChI is InChI=1S/C20H25N3.C2H6/c1-20(2,3)18-8-6-14(7-9-18)16-5-4-15-10-11-23(19(21)22)13-17(15)12-16;1-2/h4-9,12H,10-11,13H2,1-3H3,(H3,21,22);1-2H3. The van der Waals surface area contributed by atoms with E-state index in [0.717, 1.165) is 19.5 Å². The Morgan fingerprint density at radius 1 is 0.960 bits per heavy atom. The van der Waals surface area contributed by atoms with Gasteiger partial charge in [0, 0.05) is 13.1 Å². The fourth-order valence-corrected chi connectivity index (χ4v) is 3.10.